The van der Waals surface area contributed by atoms with Gasteiger partial charge in [-0.25, -0.2) is 13.1 Å². The summed E-state index contributed by atoms with van der Waals surface area (Å²) in [4.78, 5) is -0.0103. The number of piperidine rings is 1. The summed E-state index contributed by atoms with van der Waals surface area (Å²) in [6.45, 7) is 3.67. The largest absolute Gasteiger partial charge is 0.496 e. The predicted octanol–water partition coefficient (Wildman–Crippen LogP) is 1.80. The SMILES string of the molecule is COc1cc(OC)c(S(=O)(=O)NC(C)C2CCCNC2)c(OC)c1.Cl. The summed E-state index contributed by atoms with van der Waals surface area (Å²) in [5.74, 6) is 1.09. The van der Waals surface area contributed by atoms with Gasteiger partial charge in [0.2, 0.25) is 10.0 Å². The van der Waals surface area contributed by atoms with Crippen LogP contribution in [0, 0.1) is 5.92 Å². The molecule has 1 aliphatic heterocycles. The normalized spacial score (nSPS) is 18.8. The fourth-order valence-corrected chi connectivity index (χ4v) is 4.56. The lowest BCUT2D eigenvalue weighted by molar-refractivity contribution is 0.319. The van der Waals surface area contributed by atoms with Gasteiger partial charge in [0.05, 0.1) is 21.3 Å². The molecule has 2 atom stereocenters. The average molecular weight is 395 g/mol. The van der Waals surface area contributed by atoms with E-state index in [1.54, 1.807) is 0 Å². The summed E-state index contributed by atoms with van der Waals surface area (Å²) < 4.78 is 44.2. The standard InChI is InChI=1S/C16H26N2O5S.ClH/c1-11(12-6-5-7-17-10-12)18-24(19,20)16-14(22-3)8-13(21-2)9-15(16)23-4;/h8-9,11-12,17-18H,5-7,10H2,1-4H3;1H. The van der Waals surface area contributed by atoms with E-state index in [1.165, 1.54) is 33.5 Å². The molecule has 0 spiro atoms. The Morgan fingerprint density at radius 3 is 2.20 bits per heavy atom. The second-order valence-electron chi connectivity index (χ2n) is 5.88. The molecule has 1 fully saturated rings. The number of benzene rings is 1. The fraction of sp³-hybridized carbons (Fsp3) is 0.625. The van der Waals surface area contributed by atoms with Crippen molar-refractivity contribution in [2.24, 2.45) is 5.92 Å². The maximum absolute atomic E-state index is 12.9. The Bertz CT molecular complexity index is 637. The van der Waals surface area contributed by atoms with Crippen LogP contribution in [0.1, 0.15) is 19.8 Å². The number of ether oxygens (including phenoxy) is 3. The van der Waals surface area contributed by atoms with E-state index in [9.17, 15) is 8.42 Å². The van der Waals surface area contributed by atoms with Gasteiger partial charge in [0, 0.05) is 18.2 Å². The van der Waals surface area contributed by atoms with Gasteiger partial charge < -0.3 is 19.5 Å². The van der Waals surface area contributed by atoms with Crippen molar-refractivity contribution in [1.82, 2.24) is 10.0 Å². The van der Waals surface area contributed by atoms with E-state index >= 15 is 0 Å². The minimum Gasteiger partial charge on any atom is -0.496 e. The minimum atomic E-state index is -3.80. The van der Waals surface area contributed by atoms with Crippen molar-refractivity contribution < 1.29 is 22.6 Å². The second-order valence-corrected chi connectivity index (χ2v) is 7.53. The van der Waals surface area contributed by atoms with Crippen LogP contribution in [0.4, 0.5) is 0 Å². The van der Waals surface area contributed by atoms with Crippen LogP contribution in [0.15, 0.2) is 17.0 Å². The van der Waals surface area contributed by atoms with Crippen molar-refractivity contribution in [3.8, 4) is 17.2 Å². The second kappa shape index (κ2) is 9.47. The molecule has 1 heterocycles. The third kappa shape index (κ3) is 5.13. The molecule has 2 rings (SSSR count). The number of sulfonamides is 1. The molecule has 1 aliphatic rings. The van der Waals surface area contributed by atoms with Gasteiger partial charge in [-0.2, -0.15) is 0 Å². The summed E-state index contributed by atoms with van der Waals surface area (Å²) in [5, 5.41) is 3.30. The Kier molecular flexibility index (Phi) is 8.27. The molecule has 1 saturated heterocycles. The molecule has 1 aromatic rings. The molecule has 144 valence electrons. The lowest BCUT2D eigenvalue weighted by Gasteiger charge is -2.29. The minimum absolute atomic E-state index is 0. The number of rotatable bonds is 7. The molecular formula is C16H27ClN2O5S. The Labute approximate surface area is 155 Å². The van der Waals surface area contributed by atoms with Crippen LogP contribution in [0.5, 0.6) is 17.2 Å². The molecule has 9 heteroatoms. The van der Waals surface area contributed by atoms with Gasteiger partial charge in [-0.05, 0) is 38.8 Å². The maximum Gasteiger partial charge on any atom is 0.248 e. The third-order valence-corrected chi connectivity index (χ3v) is 5.94. The van der Waals surface area contributed by atoms with E-state index in [-0.39, 0.29) is 40.8 Å². The lowest BCUT2D eigenvalue weighted by atomic mass is 9.94. The van der Waals surface area contributed by atoms with Crippen molar-refractivity contribution in [2.75, 3.05) is 34.4 Å². The zero-order valence-electron chi connectivity index (χ0n) is 15.0. The van der Waals surface area contributed by atoms with Crippen molar-refractivity contribution in [1.29, 1.82) is 0 Å². The first kappa shape index (κ1) is 21.8. The number of methoxy groups -OCH3 is 3. The van der Waals surface area contributed by atoms with Gasteiger partial charge in [0.25, 0.3) is 0 Å². The lowest BCUT2D eigenvalue weighted by Crippen LogP contribution is -2.44. The molecule has 2 unspecified atom stereocenters. The van der Waals surface area contributed by atoms with Crippen molar-refractivity contribution in [3.05, 3.63) is 12.1 Å². The van der Waals surface area contributed by atoms with Crippen LogP contribution < -0.4 is 24.2 Å². The molecule has 25 heavy (non-hydrogen) atoms. The Hall–Kier alpha value is -1.22. The van der Waals surface area contributed by atoms with Crippen molar-refractivity contribution in [3.63, 3.8) is 0 Å². The van der Waals surface area contributed by atoms with Gasteiger partial charge in [-0.3, -0.25) is 0 Å². The first-order chi connectivity index (χ1) is 11.4. The number of nitrogens with one attached hydrogen (secondary N) is 2. The van der Waals surface area contributed by atoms with Gasteiger partial charge >= 0.3 is 0 Å². The van der Waals surface area contributed by atoms with Crippen molar-refractivity contribution in [2.45, 2.75) is 30.7 Å². The summed E-state index contributed by atoms with van der Waals surface area (Å²) in [5.41, 5.74) is 0. The van der Waals surface area contributed by atoms with Crippen LogP contribution in [0.3, 0.4) is 0 Å². The Balaban J connectivity index is 0.00000312. The van der Waals surface area contributed by atoms with Crippen LogP contribution >= 0.6 is 12.4 Å². The quantitative estimate of drug-likeness (QED) is 0.733. The van der Waals surface area contributed by atoms with E-state index in [2.05, 4.69) is 10.0 Å². The summed E-state index contributed by atoms with van der Waals surface area (Å²) in [6, 6.07) is 2.87. The summed E-state index contributed by atoms with van der Waals surface area (Å²) >= 11 is 0. The van der Waals surface area contributed by atoms with E-state index in [0.29, 0.717) is 5.75 Å². The van der Waals surface area contributed by atoms with Gasteiger partial charge in [-0.15, -0.1) is 12.4 Å². The monoisotopic (exact) mass is 394 g/mol. The molecule has 0 amide bonds. The summed E-state index contributed by atoms with van der Waals surface area (Å²) in [6.07, 6.45) is 2.04. The highest BCUT2D eigenvalue weighted by Gasteiger charge is 2.30. The van der Waals surface area contributed by atoms with E-state index < -0.39 is 10.0 Å². The van der Waals surface area contributed by atoms with Crippen LogP contribution in [-0.4, -0.2) is 48.9 Å². The zero-order chi connectivity index (χ0) is 17.7. The maximum atomic E-state index is 12.9. The smallest absolute Gasteiger partial charge is 0.248 e. The van der Waals surface area contributed by atoms with Crippen molar-refractivity contribution >= 4 is 22.4 Å². The highest BCUT2D eigenvalue weighted by atomic mass is 35.5. The highest BCUT2D eigenvalue weighted by molar-refractivity contribution is 7.89. The number of hydrogen-bond donors (Lipinski definition) is 2. The molecule has 2 N–H and O–H groups in total. The van der Waals surface area contributed by atoms with E-state index in [1.807, 2.05) is 6.92 Å². The van der Waals surface area contributed by atoms with E-state index in [4.69, 9.17) is 14.2 Å². The predicted molar refractivity (Wildman–Crippen MR) is 98.7 cm³/mol. The molecule has 7 nitrogen and oxygen atoms in total. The molecule has 1 aromatic carbocycles. The molecule has 0 aliphatic carbocycles. The number of hydrogen-bond acceptors (Lipinski definition) is 6. The third-order valence-electron chi connectivity index (χ3n) is 4.32. The Morgan fingerprint density at radius 2 is 1.76 bits per heavy atom. The van der Waals surface area contributed by atoms with Crippen LogP contribution in [-0.2, 0) is 10.0 Å². The fourth-order valence-electron chi connectivity index (χ4n) is 2.94. The molecule has 0 radical (unpaired) electrons. The molecule has 0 saturated carbocycles. The first-order valence-corrected chi connectivity index (χ1v) is 9.44. The zero-order valence-corrected chi connectivity index (χ0v) is 16.6. The van der Waals surface area contributed by atoms with Gasteiger partial charge in [0.15, 0.2) is 4.90 Å². The molecule has 0 bridgehead atoms. The van der Waals surface area contributed by atoms with Gasteiger partial charge in [-0.1, -0.05) is 0 Å². The summed E-state index contributed by atoms with van der Waals surface area (Å²) in [7, 11) is 0.533. The molecular weight excluding hydrogens is 368 g/mol. The Morgan fingerprint density at radius 1 is 1.16 bits per heavy atom. The first-order valence-electron chi connectivity index (χ1n) is 7.96. The highest BCUT2D eigenvalue weighted by Crippen LogP contribution is 2.37. The van der Waals surface area contributed by atoms with Crippen LogP contribution in [0.25, 0.3) is 0 Å². The van der Waals surface area contributed by atoms with E-state index in [0.717, 1.165) is 25.9 Å². The molecule has 0 aromatic heterocycles. The van der Waals surface area contributed by atoms with Gasteiger partial charge in [0.1, 0.15) is 17.2 Å². The topological polar surface area (TPSA) is 85.9 Å². The van der Waals surface area contributed by atoms with Crippen LogP contribution in [0.2, 0.25) is 0 Å². The average Bonchev–Trinajstić information content (AvgIpc) is 2.60. The number of halogens is 1.